The lowest BCUT2D eigenvalue weighted by atomic mass is 10.0. The van der Waals surface area contributed by atoms with Crippen molar-refractivity contribution in [2.24, 2.45) is 0 Å². The maximum atomic E-state index is 11.5. The molecule has 0 N–H and O–H groups in total. The molecule has 138 valence electrons. The summed E-state index contributed by atoms with van der Waals surface area (Å²) < 4.78 is 9.02. The molecule has 28 heavy (non-hydrogen) atoms. The van der Waals surface area contributed by atoms with E-state index in [4.69, 9.17) is 0 Å². The fourth-order valence-corrected chi connectivity index (χ4v) is 2.47. The highest BCUT2D eigenvalue weighted by Gasteiger charge is 2.30. The highest BCUT2D eigenvalue weighted by Crippen LogP contribution is 2.22. The fourth-order valence-electron chi connectivity index (χ4n) is 2.47. The van der Waals surface area contributed by atoms with Crippen LogP contribution >= 0.6 is 0 Å². The molecule has 0 bridgehead atoms. The molecule has 0 aromatic heterocycles. The summed E-state index contributed by atoms with van der Waals surface area (Å²) in [6.07, 6.45) is 4.00. The van der Waals surface area contributed by atoms with E-state index < -0.39 is 23.9 Å². The first kappa shape index (κ1) is 18.8. The van der Waals surface area contributed by atoms with Gasteiger partial charge in [0.15, 0.2) is 0 Å². The van der Waals surface area contributed by atoms with Crippen molar-refractivity contribution >= 4 is 23.9 Å². The second-order valence-corrected chi connectivity index (χ2v) is 5.79. The zero-order valence-corrected chi connectivity index (χ0v) is 15.1. The summed E-state index contributed by atoms with van der Waals surface area (Å²) in [7, 11) is 0. The maximum Gasteiger partial charge on any atom is 0.346 e. The monoisotopic (exact) mass is 374 g/mol. The lowest BCUT2D eigenvalue weighted by Gasteiger charge is -1.95. The number of esters is 4. The second-order valence-electron chi connectivity index (χ2n) is 5.79. The van der Waals surface area contributed by atoms with Gasteiger partial charge in [-0.05, 0) is 50.2 Å². The molecule has 0 fully saturated rings. The van der Waals surface area contributed by atoms with Crippen LogP contribution in [0.1, 0.15) is 66.4 Å². The molecule has 0 unspecified atom stereocenters. The van der Waals surface area contributed by atoms with Crippen molar-refractivity contribution in [2.75, 3.05) is 0 Å². The molecule has 2 aromatic carbocycles. The minimum atomic E-state index is -0.697. The Morgan fingerprint density at radius 3 is 1.32 bits per heavy atom. The van der Waals surface area contributed by atoms with E-state index in [9.17, 15) is 19.2 Å². The summed E-state index contributed by atoms with van der Waals surface area (Å²) in [5.41, 5.74) is 1.80. The van der Waals surface area contributed by atoms with E-state index in [-0.39, 0.29) is 22.3 Å². The Labute approximate surface area is 160 Å². The van der Waals surface area contributed by atoms with Crippen LogP contribution in [0.5, 0.6) is 0 Å². The molecule has 2 aromatic rings. The molecule has 2 heterocycles. The summed E-state index contributed by atoms with van der Waals surface area (Å²) in [5, 5.41) is 0. The maximum absolute atomic E-state index is 11.5. The SMILES string of the molecule is C/C=C\C.O=C1OC(=O)c2cc(C#Cc3ccc4c(c3)C(=O)OC4=O)ccc21. The number of benzene rings is 2. The minimum Gasteiger partial charge on any atom is -0.386 e. The highest BCUT2D eigenvalue weighted by molar-refractivity contribution is 6.15. The van der Waals surface area contributed by atoms with E-state index in [1.807, 2.05) is 26.0 Å². The van der Waals surface area contributed by atoms with E-state index in [0.717, 1.165) is 0 Å². The van der Waals surface area contributed by atoms with E-state index in [0.29, 0.717) is 11.1 Å². The van der Waals surface area contributed by atoms with Crippen LogP contribution < -0.4 is 0 Å². The van der Waals surface area contributed by atoms with Gasteiger partial charge in [0.05, 0.1) is 22.3 Å². The largest absolute Gasteiger partial charge is 0.386 e. The smallest absolute Gasteiger partial charge is 0.346 e. The topological polar surface area (TPSA) is 86.7 Å². The zero-order valence-electron chi connectivity index (χ0n) is 15.1. The van der Waals surface area contributed by atoms with Crippen LogP contribution in [0.2, 0.25) is 0 Å². The Hall–Kier alpha value is -3.98. The summed E-state index contributed by atoms with van der Waals surface area (Å²) in [6.45, 7) is 4.00. The van der Waals surface area contributed by atoms with Crippen LogP contribution in [0.4, 0.5) is 0 Å². The van der Waals surface area contributed by atoms with Gasteiger partial charge in [-0.3, -0.25) is 0 Å². The molecule has 6 nitrogen and oxygen atoms in total. The standard InChI is InChI=1S/C18H6O6.C4H8/c19-15-11-5-3-9(7-13(11)17(21)23-15)1-2-10-4-6-12-14(8-10)18(22)24-16(12)20;1-3-4-2/h3-8H;3-4H,1-2H3/b;4-3-. The first-order chi connectivity index (χ1) is 13.4. The number of hydrogen-bond acceptors (Lipinski definition) is 6. The number of carbonyl (C=O) groups is 4. The van der Waals surface area contributed by atoms with E-state index >= 15 is 0 Å². The Kier molecular flexibility index (Phi) is 5.18. The average Bonchev–Trinajstić information content (AvgIpc) is 3.15. The molecule has 6 heteroatoms. The van der Waals surface area contributed by atoms with Crippen molar-refractivity contribution in [1.29, 1.82) is 0 Å². The lowest BCUT2D eigenvalue weighted by Crippen LogP contribution is -1.96. The van der Waals surface area contributed by atoms with Crippen molar-refractivity contribution in [2.45, 2.75) is 13.8 Å². The van der Waals surface area contributed by atoms with Crippen LogP contribution in [-0.2, 0) is 9.47 Å². The van der Waals surface area contributed by atoms with Gasteiger partial charge in [-0.25, -0.2) is 19.2 Å². The third kappa shape index (κ3) is 3.60. The van der Waals surface area contributed by atoms with Gasteiger partial charge >= 0.3 is 23.9 Å². The van der Waals surface area contributed by atoms with Crippen molar-refractivity contribution in [3.63, 3.8) is 0 Å². The minimum absolute atomic E-state index is 0.176. The molecular formula is C22H14O6. The Balaban J connectivity index is 0.000000516. The number of carbonyl (C=O) groups excluding carboxylic acids is 4. The summed E-state index contributed by atoms with van der Waals surface area (Å²) in [4.78, 5) is 45.8. The molecule has 2 aliphatic rings. The van der Waals surface area contributed by atoms with Crippen molar-refractivity contribution in [3.8, 4) is 11.8 Å². The van der Waals surface area contributed by atoms with Crippen molar-refractivity contribution in [1.82, 2.24) is 0 Å². The normalized spacial score (nSPS) is 13.8. The van der Waals surface area contributed by atoms with E-state index in [2.05, 4.69) is 21.3 Å². The molecule has 0 spiro atoms. The predicted molar refractivity (Wildman–Crippen MR) is 98.8 cm³/mol. The number of ether oxygens (including phenoxy) is 2. The molecule has 4 rings (SSSR count). The predicted octanol–water partition coefficient (Wildman–Crippen LogP) is 3.29. The van der Waals surface area contributed by atoms with Crippen LogP contribution in [0.15, 0.2) is 48.6 Å². The summed E-state index contributed by atoms with van der Waals surface area (Å²) in [5.74, 6) is 2.94. The molecule has 2 aliphatic heterocycles. The van der Waals surface area contributed by atoms with Gasteiger partial charge in [0, 0.05) is 11.1 Å². The van der Waals surface area contributed by atoms with Gasteiger partial charge in [0.1, 0.15) is 0 Å². The fraction of sp³-hybridized carbons (Fsp3) is 0.0909. The highest BCUT2D eigenvalue weighted by atomic mass is 16.6. The summed E-state index contributed by atoms with van der Waals surface area (Å²) >= 11 is 0. The van der Waals surface area contributed by atoms with Gasteiger partial charge < -0.3 is 9.47 Å². The van der Waals surface area contributed by atoms with E-state index in [1.165, 1.54) is 24.3 Å². The molecule has 0 radical (unpaired) electrons. The zero-order chi connectivity index (χ0) is 20.3. The quantitative estimate of drug-likeness (QED) is 0.304. The van der Waals surface area contributed by atoms with Crippen LogP contribution in [0.25, 0.3) is 0 Å². The van der Waals surface area contributed by atoms with Gasteiger partial charge in [-0.1, -0.05) is 24.0 Å². The number of fused-ring (bicyclic) bond motifs is 2. The molecule has 0 atom stereocenters. The van der Waals surface area contributed by atoms with Gasteiger partial charge in [-0.2, -0.15) is 0 Å². The van der Waals surface area contributed by atoms with Crippen LogP contribution in [0, 0.1) is 11.8 Å². The van der Waals surface area contributed by atoms with Crippen LogP contribution in [-0.4, -0.2) is 23.9 Å². The summed E-state index contributed by atoms with van der Waals surface area (Å²) in [6, 6.07) is 9.09. The van der Waals surface area contributed by atoms with Gasteiger partial charge in [-0.15, -0.1) is 0 Å². The van der Waals surface area contributed by atoms with Crippen molar-refractivity contribution in [3.05, 3.63) is 81.9 Å². The molecule has 0 saturated carbocycles. The van der Waals surface area contributed by atoms with Crippen molar-refractivity contribution < 1.29 is 28.7 Å². The van der Waals surface area contributed by atoms with E-state index in [1.54, 1.807) is 12.1 Å². The lowest BCUT2D eigenvalue weighted by molar-refractivity contribution is 0.0425. The number of cyclic esters (lactones) is 4. The number of hydrogen-bond donors (Lipinski definition) is 0. The molecule has 0 amide bonds. The second kappa shape index (κ2) is 7.72. The number of rotatable bonds is 0. The Morgan fingerprint density at radius 2 is 0.964 bits per heavy atom. The third-order valence-electron chi connectivity index (χ3n) is 3.97. The van der Waals surface area contributed by atoms with Gasteiger partial charge in [0.2, 0.25) is 0 Å². The van der Waals surface area contributed by atoms with Crippen LogP contribution in [0.3, 0.4) is 0 Å². The number of allylic oxidation sites excluding steroid dienone is 2. The first-order valence-corrected chi connectivity index (χ1v) is 8.35. The molecule has 0 aliphatic carbocycles. The average molecular weight is 374 g/mol. The Bertz CT molecular complexity index is 1030. The molecule has 0 saturated heterocycles. The Morgan fingerprint density at radius 1 is 0.607 bits per heavy atom. The first-order valence-electron chi connectivity index (χ1n) is 8.35. The third-order valence-corrected chi connectivity index (χ3v) is 3.97. The van der Waals surface area contributed by atoms with Gasteiger partial charge in [0.25, 0.3) is 0 Å². The molecular weight excluding hydrogens is 360 g/mol.